The zero-order valence-electron chi connectivity index (χ0n) is 11.0. The number of nitrogens with zero attached hydrogens (tertiary/aromatic N) is 2. The van der Waals surface area contributed by atoms with Gasteiger partial charge in [-0.05, 0) is 25.1 Å². The van der Waals surface area contributed by atoms with E-state index in [1.54, 1.807) is 31.2 Å². The largest absolute Gasteiger partial charge is 0.481 e. The number of aromatic nitrogens is 2. The van der Waals surface area contributed by atoms with Gasteiger partial charge in [0, 0.05) is 21.9 Å². The molecular formula is C13H13BrN4O2. The van der Waals surface area contributed by atoms with E-state index in [0.717, 1.165) is 4.47 Å². The molecule has 0 saturated carbocycles. The van der Waals surface area contributed by atoms with E-state index in [-0.39, 0.29) is 11.9 Å². The van der Waals surface area contributed by atoms with E-state index in [9.17, 15) is 4.79 Å². The Morgan fingerprint density at radius 3 is 2.75 bits per heavy atom. The lowest BCUT2D eigenvalue weighted by molar-refractivity contribution is 0.102. The second-order valence-corrected chi connectivity index (χ2v) is 4.98. The van der Waals surface area contributed by atoms with E-state index in [1.807, 2.05) is 0 Å². The molecule has 1 aromatic carbocycles. The molecule has 0 fully saturated rings. The summed E-state index contributed by atoms with van der Waals surface area (Å²) in [5.74, 6) is 0.188. The monoisotopic (exact) mass is 336 g/mol. The first-order valence-electron chi connectivity index (χ1n) is 5.75. The van der Waals surface area contributed by atoms with Gasteiger partial charge in [-0.3, -0.25) is 10.1 Å². The van der Waals surface area contributed by atoms with Gasteiger partial charge in [-0.2, -0.15) is 4.98 Å². The predicted molar refractivity (Wildman–Crippen MR) is 79.8 cm³/mol. The Labute approximate surface area is 124 Å². The zero-order chi connectivity index (χ0) is 14.7. The van der Waals surface area contributed by atoms with Crippen LogP contribution in [0.25, 0.3) is 0 Å². The number of benzene rings is 1. The van der Waals surface area contributed by atoms with Crippen molar-refractivity contribution in [2.24, 2.45) is 0 Å². The Bertz CT molecular complexity index is 661. The average molecular weight is 337 g/mol. The van der Waals surface area contributed by atoms with Crippen molar-refractivity contribution in [1.29, 1.82) is 0 Å². The zero-order valence-corrected chi connectivity index (χ0v) is 12.6. The van der Waals surface area contributed by atoms with E-state index < -0.39 is 0 Å². The topological polar surface area (TPSA) is 90.1 Å². The van der Waals surface area contributed by atoms with Gasteiger partial charge >= 0.3 is 0 Å². The van der Waals surface area contributed by atoms with Gasteiger partial charge in [0.25, 0.3) is 5.91 Å². The Balaban J connectivity index is 2.25. The predicted octanol–water partition coefficient (Wildman–Crippen LogP) is 2.39. The van der Waals surface area contributed by atoms with Gasteiger partial charge in [0.05, 0.1) is 12.7 Å². The molecule has 0 saturated heterocycles. The summed E-state index contributed by atoms with van der Waals surface area (Å²) in [7, 11) is 1.50. The number of ether oxygens (including phenoxy) is 1. The number of nitrogens with two attached hydrogens (primary N) is 1. The van der Waals surface area contributed by atoms with Crippen LogP contribution in [0.1, 0.15) is 16.1 Å². The molecule has 1 amide bonds. The summed E-state index contributed by atoms with van der Waals surface area (Å²) in [6.07, 6.45) is 0. The molecule has 2 rings (SSSR count). The number of carbonyl (C=O) groups excluding carboxylic acids is 1. The SMILES string of the molecule is COc1cc(C)nc(NC(=O)c2ccc(Br)cc2N)n1. The molecule has 0 atom stereocenters. The van der Waals surface area contributed by atoms with Gasteiger partial charge in [-0.1, -0.05) is 15.9 Å². The summed E-state index contributed by atoms with van der Waals surface area (Å²) >= 11 is 3.29. The number of amides is 1. The Morgan fingerprint density at radius 1 is 1.35 bits per heavy atom. The molecule has 7 heteroatoms. The fourth-order valence-electron chi connectivity index (χ4n) is 1.61. The summed E-state index contributed by atoms with van der Waals surface area (Å²) in [4.78, 5) is 20.3. The maximum atomic E-state index is 12.1. The van der Waals surface area contributed by atoms with Crippen molar-refractivity contribution >= 4 is 33.5 Å². The fourth-order valence-corrected chi connectivity index (χ4v) is 1.99. The van der Waals surface area contributed by atoms with E-state index in [0.29, 0.717) is 22.8 Å². The number of nitrogens with one attached hydrogen (secondary N) is 1. The van der Waals surface area contributed by atoms with Crippen LogP contribution in [0.4, 0.5) is 11.6 Å². The standard InChI is InChI=1S/C13H13BrN4O2/c1-7-5-11(20-2)17-13(16-7)18-12(19)9-4-3-8(14)6-10(9)15/h3-6H,15H2,1-2H3,(H,16,17,18,19). The molecule has 3 N–H and O–H groups in total. The van der Waals surface area contributed by atoms with Gasteiger partial charge in [0.1, 0.15) is 0 Å². The highest BCUT2D eigenvalue weighted by atomic mass is 79.9. The molecule has 0 radical (unpaired) electrons. The minimum atomic E-state index is -0.373. The summed E-state index contributed by atoms with van der Waals surface area (Å²) in [6.45, 7) is 1.79. The van der Waals surface area contributed by atoms with Crippen molar-refractivity contribution in [3.8, 4) is 5.88 Å². The quantitative estimate of drug-likeness (QED) is 0.840. The Hall–Kier alpha value is -2.15. The number of hydrogen-bond acceptors (Lipinski definition) is 5. The number of hydrogen-bond donors (Lipinski definition) is 2. The van der Waals surface area contributed by atoms with Crippen molar-refractivity contribution in [2.75, 3.05) is 18.2 Å². The molecular weight excluding hydrogens is 324 g/mol. The molecule has 0 bridgehead atoms. The Kier molecular flexibility index (Phi) is 4.19. The van der Waals surface area contributed by atoms with Gasteiger partial charge in [0.15, 0.2) is 0 Å². The maximum absolute atomic E-state index is 12.1. The van der Waals surface area contributed by atoms with Crippen molar-refractivity contribution in [3.05, 3.63) is 40.0 Å². The maximum Gasteiger partial charge on any atom is 0.260 e. The van der Waals surface area contributed by atoms with Gasteiger partial charge in [-0.25, -0.2) is 4.98 Å². The van der Waals surface area contributed by atoms with Crippen LogP contribution < -0.4 is 15.8 Å². The lowest BCUT2D eigenvalue weighted by Crippen LogP contribution is -2.16. The number of aryl methyl sites for hydroxylation is 1. The first kappa shape index (κ1) is 14.3. The van der Waals surface area contributed by atoms with Crippen molar-refractivity contribution in [3.63, 3.8) is 0 Å². The molecule has 0 aliphatic rings. The van der Waals surface area contributed by atoms with E-state index in [4.69, 9.17) is 10.5 Å². The van der Waals surface area contributed by atoms with Crippen molar-refractivity contribution in [1.82, 2.24) is 9.97 Å². The molecule has 0 aliphatic heterocycles. The number of nitrogen functional groups attached to an aromatic ring is 1. The molecule has 0 aliphatic carbocycles. The smallest absolute Gasteiger partial charge is 0.260 e. The summed E-state index contributed by atoms with van der Waals surface area (Å²) in [5.41, 5.74) is 7.23. The Morgan fingerprint density at radius 2 is 2.10 bits per heavy atom. The van der Waals surface area contributed by atoms with Crippen LogP contribution in [0.15, 0.2) is 28.7 Å². The van der Waals surface area contributed by atoms with E-state index in [1.165, 1.54) is 7.11 Å². The van der Waals surface area contributed by atoms with E-state index >= 15 is 0 Å². The van der Waals surface area contributed by atoms with Gasteiger partial charge in [0.2, 0.25) is 11.8 Å². The molecule has 1 heterocycles. The van der Waals surface area contributed by atoms with Gasteiger partial charge in [-0.15, -0.1) is 0 Å². The third kappa shape index (κ3) is 3.24. The van der Waals surface area contributed by atoms with Crippen LogP contribution in [0.5, 0.6) is 5.88 Å². The van der Waals surface area contributed by atoms with Crippen LogP contribution in [-0.4, -0.2) is 23.0 Å². The highest BCUT2D eigenvalue weighted by Crippen LogP contribution is 2.20. The van der Waals surface area contributed by atoms with Crippen molar-refractivity contribution in [2.45, 2.75) is 6.92 Å². The summed E-state index contributed by atoms with van der Waals surface area (Å²) in [6, 6.07) is 6.70. The van der Waals surface area contributed by atoms with Crippen molar-refractivity contribution < 1.29 is 9.53 Å². The second kappa shape index (κ2) is 5.87. The molecule has 2 aromatic rings. The summed E-state index contributed by atoms with van der Waals surface area (Å²) in [5, 5.41) is 2.60. The number of methoxy groups -OCH3 is 1. The lowest BCUT2D eigenvalue weighted by atomic mass is 10.2. The fraction of sp³-hybridized carbons (Fsp3) is 0.154. The van der Waals surface area contributed by atoms with Crippen LogP contribution in [-0.2, 0) is 0 Å². The number of rotatable bonds is 3. The highest BCUT2D eigenvalue weighted by Gasteiger charge is 2.12. The number of carbonyl (C=O) groups is 1. The minimum absolute atomic E-state index is 0.175. The molecule has 104 valence electrons. The first-order valence-corrected chi connectivity index (χ1v) is 6.55. The molecule has 6 nitrogen and oxygen atoms in total. The molecule has 1 aromatic heterocycles. The summed E-state index contributed by atoms with van der Waals surface area (Å²) < 4.78 is 5.83. The normalized spacial score (nSPS) is 10.2. The van der Waals surface area contributed by atoms with Crippen LogP contribution >= 0.6 is 15.9 Å². The van der Waals surface area contributed by atoms with Gasteiger partial charge < -0.3 is 10.5 Å². The first-order chi connectivity index (χ1) is 9.49. The number of halogens is 1. The third-order valence-electron chi connectivity index (χ3n) is 2.52. The highest BCUT2D eigenvalue weighted by molar-refractivity contribution is 9.10. The molecule has 20 heavy (non-hydrogen) atoms. The van der Waals surface area contributed by atoms with Crippen LogP contribution in [0, 0.1) is 6.92 Å². The second-order valence-electron chi connectivity index (χ2n) is 4.06. The molecule has 0 spiro atoms. The van der Waals surface area contributed by atoms with Crippen LogP contribution in [0.2, 0.25) is 0 Å². The lowest BCUT2D eigenvalue weighted by Gasteiger charge is -2.08. The van der Waals surface area contributed by atoms with Crippen LogP contribution in [0.3, 0.4) is 0 Å². The number of anilines is 2. The minimum Gasteiger partial charge on any atom is -0.481 e. The molecule has 0 unspecified atom stereocenters. The average Bonchev–Trinajstić information content (AvgIpc) is 2.37. The van der Waals surface area contributed by atoms with E-state index in [2.05, 4.69) is 31.2 Å². The third-order valence-corrected chi connectivity index (χ3v) is 3.02.